The summed E-state index contributed by atoms with van der Waals surface area (Å²) in [6.45, 7) is 8.81. The van der Waals surface area contributed by atoms with Gasteiger partial charge in [0.2, 0.25) is 0 Å². The van der Waals surface area contributed by atoms with Gasteiger partial charge in [-0.2, -0.15) is 5.10 Å². The Hall–Kier alpha value is -0.540. The molecule has 0 radical (unpaired) electrons. The number of halogens is 1. The van der Waals surface area contributed by atoms with E-state index in [-0.39, 0.29) is 0 Å². The molecule has 0 amide bonds. The third-order valence-corrected chi connectivity index (χ3v) is 3.36. The van der Waals surface area contributed by atoms with Crippen molar-refractivity contribution in [2.45, 2.75) is 33.7 Å². The summed E-state index contributed by atoms with van der Waals surface area (Å²) in [4.78, 5) is 0. The van der Waals surface area contributed by atoms with Crippen LogP contribution in [0.2, 0.25) is 5.02 Å². The second kappa shape index (κ2) is 4.32. The Morgan fingerprint density at radius 3 is 2.36 bits per heavy atom. The Labute approximate surface area is 90.2 Å². The van der Waals surface area contributed by atoms with Crippen molar-refractivity contribution in [3.05, 3.63) is 16.4 Å². The van der Waals surface area contributed by atoms with E-state index in [1.54, 1.807) is 0 Å². The van der Waals surface area contributed by atoms with Gasteiger partial charge in [0, 0.05) is 0 Å². The van der Waals surface area contributed by atoms with Crippen LogP contribution >= 0.6 is 11.6 Å². The first-order valence-electron chi connectivity index (χ1n) is 4.90. The lowest BCUT2D eigenvalue weighted by Gasteiger charge is -2.20. The van der Waals surface area contributed by atoms with E-state index in [0.717, 1.165) is 16.4 Å². The summed E-state index contributed by atoms with van der Waals surface area (Å²) >= 11 is 6.08. The van der Waals surface area contributed by atoms with Crippen LogP contribution < -0.4 is 5.73 Å². The second-order valence-corrected chi connectivity index (χ2v) is 4.26. The highest BCUT2D eigenvalue weighted by Gasteiger charge is 2.18. The maximum Gasteiger partial charge on any atom is 0.0844 e. The highest BCUT2D eigenvalue weighted by atomic mass is 35.5. The van der Waals surface area contributed by atoms with E-state index in [4.69, 9.17) is 17.3 Å². The number of nitrogens with two attached hydrogens (primary N) is 1. The first-order valence-corrected chi connectivity index (χ1v) is 5.28. The first kappa shape index (κ1) is 11.5. The highest BCUT2D eigenvalue weighted by Crippen LogP contribution is 2.25. The molecule has 3 nitrogen and oxygen atoms in total. The molecule has 0 bridgehead atoms. The van der Waals surface area contributed by atoms with Gasteiger partial charge in [0.1, 0.15) is 0 Å². The largest absolute Gasteiger partial charge is 0.330 e. The van der Waals surface area contributed by atoms with Crippen LogP contribution in [0.3, 0.4) is 0 Å². The molecule has 0 aromatic carbocycles. The van der Waals surface area contributed by atoms with Gasteiger partial charge < -0.3 is 5.73 Å². The fourth-order valence-electron chi connectivity index (χ4n) is 1.48. The van der Waals surface area contributed by atoms with Gasteiger partial charge in [-0.15, -0.1) is 0 Å². The van der Waals surface area contributed by atoms with Crippen molar-refractivity contribution in [3.8, 4) is 0 Å². The average molecular weight is 216 g/mol. The van der Waals surface area contributed by atoms with E-state index < -0.39 is 0 Å². The molecule has 1 rings (SSSR count). The molecular weight excluding hydrogens is 198 g/mol. The molecule has 0 saturated heterocycles. The van der Waals surface area contributed by atoms with E-state index in [2.05, 4.69) is 18.9 Å². The Morgan fingerprint density at radius 1 is 1.43 bits per heavy atom. The maximum absolute atomic E-state index is 6.08. The fraction of sp³-hybridized carbons (Fsp3) is 0.700. The Kier molecular flexibility index (Phi) is 3.56. The molecule has 0 saturated carbocycles. The average Bonchev–Trinajstić information content (AvgIpc) is 2.43. The van der Waals surface area contributed by atoms with Crippen LogP contribution in [0, 0.1) is 19.8 Å². The number of hydrogen-bond acceptors (Lipinski definition) is 2. The number of aromatic nitrogens is 2. The molecule has 0 spiro atoms. The monoisotopic (exact) mass is 215 g/mol. The summed E-state index contributed by atoms with van der Waals surface area (Å²) in [6, 6.07) is 0.297. The van der Waals surface area contributed by atoms with Crippen LogP contribution in [-0.2, 0) is 0 Å². The zero-order chi connectivity index (χ0) is 10.9. The second-order valence-electron chi connectivity index (χ2n) is 3.88. The van der Waals surface area contributed by atoms with Gasteiger partial charge in [0.25, 0.3) is 0 Å². The number of aryl methyl sites for hydroxylation is 1. The predicted molar refractivity (Wildman–Crippen MR) is 59.6 cm³/mol. The smallest absolute Gasteiger partial charge is 0.0844 e. The van der Waals surface area contributed by atoms with E-state index >= 15 is 0 Å². The Morgan fingerprint density at radius 2 is 2.00 bits per heavy atom. The third-order valence-electron chi connectivity index (χ3n) is 2.82. The van der Waals surface area contributed by atoms with Crippen LogP contribution in [0.5, 0.6) is 0 Å². The van der Waals surface area contributed by atoms with Crippen LogP contribution in [0.15, 0.2) is 0 Å². The summed E-state index contributed by atoms with van der Waals surface area (Å²) in [5.41, 5.74) is 7.55. The van der Waals surface area contributed by atoms with Crippen molar-refractivity contribution in [2.75, 3.05) is 6.54 Å². The summed E-state index contributed by atoms with van der Waals surface area (Å²) < 4.78 is 1.97. The van der Waals surface area contributed by atoms with Gasteiger partial charge in [-0.05, 0) is 33.2 Å². The number of rotatable bonds is 3. The minimum absolute atomic E-state index is 0.297. The van der Waals surface area contributed by atoms with Crippen LogP contribution in [0.1, 0.15) is 31.3 Å². The molecule has 0 aliphatic carbocycles. The standard InChI is InChI=1S/C10H18ClN3/c1-6(5-12)8(3)14-9(4)10(11)7(2)13-14/h6,8H,5,12H2,1-4H3. The van der Waals surface area contributed by atoms with E-state index in [1.165, 1.54) is 0 Å². The van der Waals surface area contributed by atoms with Crippen molar-refractivity contribution in [3.63, 3.8) is 0 Å². The quantitative estimate of drug-likeness (QED) is 0.841. The zero-order valence-electron chi connectivity index (χ0n) is 9.21. The molecule has 1 heterocycles. The molecule has 0 fully saturated rings. The van der Waals surface area contributed by atoms with Crippen LogP contribution in [0.25, 0.3) is 0 Å². The molecule has 0 aliphatic rings. The Balaban J connectivity index is 3.01. The van der Waals surface area contributed by atoms with Crippen molar-refractivity contribution < 1.29 is 0 Å². The lowest BCUT2D eigenvalue weighted by molar-refractivity contribution is 0.352. The Bertz CT molecular complexity index is 319. The van der Waals surface area contributed by atoms with E-state index in [1.807, 2.05) is 18.5 Å². The summed E-state index contributed by atoms with van der Waals surface area (Å²) in [5.74, 6) is 0.407. The molecular formula is C10H18ClN3. The van der Waals surface area contributed by atoms with Crippen molar-refractivity contribution in [1.82, 2.24) is 9.78 Å². The van der Waals surface area contributed by atoms with Gasteiger partial charge in [0.15, 0.2) is 0 Å². The zero-order valence-corrected chi connectivity index (χ0v) is 9.97. The molecule has 14 heavy (non-hydrogen) atoms. The van der Waals surface area contributed by atoms with Crippen molar-refractivity contribution in [1.29, 1.82) is 0 Å². The van der Waals surface area contributed by atoms with Crippen LogP contribution in [-0.4, -0.2) is 16.3 Å². The van der Waals surface area contributed by atoms with E-state index in [0.29, 0.717) is 18.5 Å². The topological polar surface area (TPSA) is 43.8 Å². The molecule has 2 atom stereocenters. The normalized spacial score (nSPS) is 15.6. The molecule has 1 aromatic rings. The van der Waals surface area contributed by atoms with Crippen molar-refractivity contribution in [2.24, 2.45) is 11.7 Å². The minimum Gasteiger partial charge on any atom is -0.330 e. The van der Waals surface area contributed by atoms with Gasteiger partial charge in [-0.3, -0.25) is 4.68 Å². The van der Waals surface area contributed by atoms with Crippen LogP contribution in [0.4, 0.5) is 0 Å². The van der Waals surface area contributed by atoms with Crippen molar-refractivity contribution >= 4 is 11.6 Å². The fourth-order valence-corrected chi connectivity index (χ4v) is 1.60. The predicted octanol–water partition coefficient (Wildman–Crippen LogP) is 2.31. The molecule has 0 aliphatic heterocycles. The molecule has 2 unspecified atom stereocenters. The summed E-state index contributed by atoms with van der Waals surface area (Å²) in [6.07, 6.45) is 0. The highest BCUT2D eigenvalue weighted by molar-refractivity contribution is 6.31. The molecule has 2 N–H and O–H groups in total. The SMILES string of the molecule is Cc1nn(C(C)C(C)CN)c(C)c1Cl. The molecule has 1 aromatic heterocycles. The molecule has 4 heteroatoms. The minimum atomic E-state index is 0.297. The lowest BCUT2D eigenvalue weighted by Crippen LogP contribution is -2.23. The summed E-state index contributed by atoms with van der Waals surface area (Å²) in [5, 5.41) is 5.17. The lowest BCUT2D eigenvalue weighted by atomic mass is 10.0. The maximum atomic E-state index is 6.08. The molecule has 80 valence electrons. The summed E-state index contributed by atoms with van der Waals surface area (Å²) in [7, 11) is 0. The number of hydrogen-bond donors (Lipinski definition) is 1. The first-order chi connectivity index (χ1) is 6.49. The van der Waals surface area contributed by atoms with Gasteiger partial charge in [-0.1, -0.05) is 18.5 Å². The van der Waals surface area contributed by atoms with Gasteiger partial charge in [-0.25, -0.2) is 0 Å². The van der Waals surface area contributed by atoms with E-state index in [9.17, 15) is 0 Å². The number of nitrogens with zero attached hydrogens (tertiary/aromatic N) is 2. The third kappa shape index (κ3) is 1.93. The van der Waals surface area contributed by atoms with Gasteiger partial charge >= 0.3 is 0 Å². The van der Waals surface area contributed by atoms with Gasteiger partial charge in [0.05, 0.1) is 22.5 Å².